The van der Waals surface area contributed by atoms with Crippen molar-refractivity contribution in [2.75, 3.05) is 0 Å². The van der Waals surface area contributed by atoms with E-state index in [1.165, 1.54) is 18.2 Å². The van der Waals surface area contributed by atoms with Crippen molar-refractivity contribution in [3.05, 3.63) is 64.4 Å². The molecule has 0 aliphatic heterocycles. The van der Waals surface area contributed by atoms with Crippen molar-refractivity contribution in [2.45, 2.75) is 6.18 Å². The van der Waals surface area contributed by atoms with E-state index in [0.717, 1.165) is 18.5 Å². The van der Waals surface area contributed by atoms with Crippen LogP contribution in [0.4, 0.5) is 13.2 Å². The van der Waals surface area contributed by atoms with Crippen LogP contribution >= 0.6 is 11.6 Å². The molecule has 0 fully saturated rings. The first kappa shape index (κ1) is 13.5. The number of aromatic nitrogens is 1. The molecule has 98 valence electrons. The smallest absolute Gasteiger partial charge is 0.288 e. The molecular formula is C13H7ClF3NO. The van der Waals surface area contributed by atoms with E-state index in [9.17, 15) is 18.0 Å². The van der Waals surface area contributed by atoms with E-state index < -0.39 is 23.1 Å². The molecule has 0 N–H and O–H groups in total. The fourth-order valence-electron chi connectivity index (χ4n) is 1.61. The second-order valence-electron chi connectivity index (χ2n) is 3.73. The third-order valence-corrected chi connectivity index (χ3v) is 2.82. The minimum absolute atomic E-state index is 0.0164. The van der Waals surface area contributed by atoms with Gasteiger partial charge in [-0.2, -0.15) is 13.2 Å². The molecule has 0 aliphatic carbocycles. The van der Waals surface area contributed by atoms with E-state index in [4.69, 9.17) is 11.6 Å². The molecule has 0 amide bonds. The van der Waals surface area contributed by atoms with Gasteiger partial charge in [0.15, 0.2) is 5.78 Å². The van der Waals surface area contributed by atoms with Gasteiger partial charge in [-0.05, 0) is 18.2 Å². The number of pyridine rings is 1. The van der Waals surface area contributed by atoms with Gasteiger partial charge in [0.1, 0.15) is 0 Å². The molecule has 0 aliphatic rings. The molecule has 19 heavy (non-hydrogen) atoms. The summed E-state index contributed by atoms with van der Waals surface area (Å²) in [6, 6.07) is 6.70. The molecule has 1 heterocycles. The number of hydrogen-bond acceptors (Lipinski definition) is 2. The van der Waals surface area contributed by atoms with Crippen LogP contribution in [0.3, 0.4) is 0 Å². The van der Waals surface area contributed by atoms with E-state index in [1.807, 2.05) is 0 Å². The number of halogens is 4. The molecule has 2 nitrogen and oxygen atoms in total. The third kappa shape index (κ3) is 2.76. The molecule has 0 atom stereocenters. The summed E-state index contributed by atoms with van der Waals surface area (Å²) in [5.74, 6) is -0.800. The van der Waals surface area contributed by atoms with Crippen molar-refractivity contribution >= 4 is 17.4 Å². The number of carbonyl (C=O) groups excluding carboxylic acids is 1. The number of hydrogen-bond donors (Lipinski definition) is 0. The predicted molar refractivity (Wildman–Crippen MR) is 64.1 cm³/mol. The fraction of sp³-hybridized carbons (Fsp3) is 0.0769. The van der Waals surface area contributed by atoms with Gasteiger partial charge < -0.3 is 0 Å². The van der Waals surface area contributed by atoms with Gasteiger partial charge in [0.25, 0.3) is 0 Å². The maximum atomic E-state index is 12.8. The maximum absolute atomic E-state index is 12.8. The lowest BCUT2D eigenvalue weighted by Gasteiger charge is -2.11. The number of nitrogens with zero attached hydrogens (tertiary/aromatic N) is 1. The predicted octanol–water partition coefficient (Wildman–Crippen LogP) is 3.98. The van der Waals surface area contributed by atoms with Crippen molar-refractivity contribution in [1.82, 2.24) is 4.98 Å². The molecular weight excluding hydrogens is 279 g/mol. The molecule has 0 spiro atoms. The van der Waals surface area contributed by atoms with Crippen LogP contribution < -0.4 is 0 Å². The van der Waals surface area contributed by atoms with Crippen LogP contribution in [-0.4, -0.2) is 10.8 Å². The van der Waals surface area contributed by atoms with Gasteiger partial charge in [-0.25, -0.2) is 0 Å². The van der Waals surface area contributed by atoms with Crippen molar-refractivity contribution in [2.24, 2.45) is 0 Å². The molecule has 0 saturated carbocycles. The van der Waals surface area contributed by atoms with Crippen molar-refractivity contribution in [1.29, 1.82) is 0 Å². The Labute approximate surface area is 111 Å². The van der Waals surface area contributed by atoms with E-state index in [0.29, 0.717) is 0 Å². The molecule has 0 unspecified atom stereocenters. The Hall–Kier alpha value is -1.88. The van der Waals surface area contributed by atoms with E-state index >= 15 is 0 Å². The average molecular weight is 286 g/mol. The van der Waals surface area contributed by atoms with E-state index in [-0.39, 0.29) is 10.6 Å². The number of carbonyl (C=O) groups is 1. The normalized spacial score (nSPS) is 11.4. The second kappa shape index (κ2) is 5.01. The molecule has 2 rings (SSSR count). The maximum Gasteiger partial charge on any atom is 0.417 e. The van der Waals surface area contributed by atoms with Crippen LogP contribution in [0.1, 0.15) is 21.5 Å². The molecule has 6 heteroatoms. The molecule has 2 aromatic rings. The summed E-state index contributed by atoms with van der Waals surface area (Å²) in [4.78, 5) is 15.7. The Morgan fingerprint density at radius 2 is 1.79 bits per heavy atom. The van der Waals surface area contributed by atoms with E-state index in [1.54, 1.807) is 6.07 Å². The highest BCUT2D eigenvalue weighted by Crippen LogP contribution is 2.33. The first-order valence-electron chi connectivity index (χ1n) is 5.21. The number of benzene rings is 1. The molecule has 0 saturated heterocycles. The van der Waals surface area contributed by atoms with Gasteiger partial charge in [-0.15, -0.1) is 0 Å². The molecule has 1 aromatic carbocycles. The average Bonchev–Trinajstić information content (AvgIpc) is 2.37. The molecule has 0 bridgehead atoms. The van der Waals surface area contributed by atoms with Gasteiger partial charge in [0, 0.05) is 18.0 Å². The minimum Gasteiger partial charge on any atom is -0.288 e. The van der Waals surface area contributed by atoms with Crippen molar-refractivity contribution in [3.63, 3.8) is 0 Å². The summed E-state index contributed by atoms with van der Waals surface area (Å²) in [5.41, 5.74) is -1.52. The first-order chi connectivity index (χ1) is 8.91. The third-order valence-electron chi connectivity index (χ3n) is 2.49. The zero-order valence-corrected chi connectivity index (χ0v) is 10.2. The van der Waals surface area contributed by atoms with Crippen LogP contribution in [0.15, 0.2) is 42.7 Å². The van der Waals surface area contributed by atoms with Crippen LogP contribution in [-0.2, 0) is 6.18 Å². The Morgan fingerprint density at radius 3 is 2.42 bits per heavy atom. The van der Waals surface area contributed by atoms with E-state index in [2.05, 4.69) is 4.98 Å². The fourth-order valence-corrected chi connectivity index (χ4v) is 1.83. The Balaban J connectivity index is 2.55. The summed E-state index contributed by atoms with van der Waals surface area (Å²) in [7, 11) is 0. The molecule has 1 aromatic heterocycles. The Kier molecular flexibility index (Phi) is 3.57. The largest absolute Gasteiger partial charge is 0.417 e. The summed E-state index contributed by atoms with van der Waals surface area (Å²) >= 11 is 5.81. The lowest BCUT2D eigenvalue weighted by molar-refractivity contribution is -0.137. The molecule has 0 radical (unpaired) electrons. The second-order valence-corrected chi connectivity index (χ2v) is 4.14. The van der Waals surface area contributed by atoms with Crippen LogP contribution in [0, 0.1) is 0 Å². The van der Waals surface area contributed by atoms with Gasteiger partial charge in [-0.1, -0.05) is 23.7 Å². The summed E-state index contributed by atoms with van der Waals surface area (Å²) < 4.78 is 38.4. The first-order valence-corrected chi connectivity index (χ1v) is 5.59. The van der Waals surface area contributed by atoms with Crippen LogP contribution in [0.2, 0.25) is 5.02 Å². The Morgan fingerprint density at radius 1 is 1.11 bits per heavy atom. The number of alkyl halides is 3. The number of rotatable bonds is 2. The van der Waals surface area contributed by atoms with Gasteiger partial charge in [0.2, 0.25) is 0 Å². The lowest BCUT2D eigenvalue weighted by Crippen LogP contribution is -2.14. The van der Waals surface area contributed by atoms with Crippen LogP contribution in [0.5, 0.6) is 0 Å². The minimum atomic E-state index is -4.62. The SMILES string of the molecule is O=C(c1ccccc1Cl)c1cnccc1C(F)(F)F. The Bertz CT molecular complexity index is 625. The van der Waals surface area contributed by atoms with Crippen molar-refractivity contribution < 1.29 is 18.0 Å². The topological polar surface area (TPSA) is 30.0 Å². The summed E-state index contributed by atoms with van der Waals surface area (Å²) in [6.45, 7) is 0. The van der Waals surface area contributed by atoms with Crippen LogP contribution in [0.25, 0.3) is 0 Å². The monoisotopic (exact) mass is 285 g/mol. The number of ketones is 1. The highest BCUT2D eigenvalue weighted by Gasteiger charge is 2.35. The zero-order chi connectivity index (χ0) is 14.0. The lowest BCUT2D eigenvalue weighted by atomic mass is 10.00. The van der Waals surface area contributed by atoms with Gasteiger partial charge in [0.05, 0.1) is 16.1 Å². The summed E-state index contributed by atoms with van der Waals surface area (Å²) in [5, 5.41) is 0.101. The van der Waals surface area contributed by atoms with Gasteiger partial charge >= 0.3 is 6.18 Å². The van der Waals surface area contributed by atoms with Crippen molar-refractivity contribution in [3.8, 4) is 0 Å². The highest BCUT2D eigenvalue weighted by molar-refractivity contribution is 6.35. The zero-order valence-electron chi connectivity index (χ0n) is 9.41. The highest BCUT2D eigenvalue weighted by atomic mass is 35.5. The quantitative estimate of drug-likeness (QED) is 0.781. The standard InChI is InChI=1S/C13H7ClF3NO/c14-11-4-2-1-3-8(11)12(19)9-7-18-6-5-10(9)13(15,16)17/h1-7H. The summed E-state index contributed by atoms with van der Waals surface area (Å²) in [6.07, 6.45) is -2.73. The van der Waals surface area contributed by atoms with Gasteiger partial charge in [-0.3, -0.25) is 9.78 Å².